The number of halogens is 1. The van der Waals surface area contributed by atoms with Gasteiger partial charge in [-0.1, -0.05) is 0 Å². The van der Waals surface area contributed by atoms with E-state index in [4.69, 9.17) is 5.73 Å². The minimum absolute atomic E-state index is 0.719. The van der Waals surface area contributed by atoms with Gasteiger partial charge in [0, 0.05) is 12.3 Å². The highest BCUT2D eigenvalue weighted by atomic mass is 127. The highest BCUT2D eigenvalue weighted by Gasteiger charge is 1.99. The summed E-state index contributed by atoms with van der Waals surface area (Å²) in [6.45, 7) is 0. The highest BCUT2D eigenvalue weighted by molar-refractivity contribution is 14.1. The molecule has 0 bridgehead atoms. The van der Waals surface area contributed by atoms with E-state index in [1.807, 2.05) is 21.1 Å². The largest absolute Gasteiger partial charge is 0.385 e. The second-order valence-corrected chi connectivity index (χ2v) is 3.19. The average Bonchev–Trinajstić information content (AvgIpc) is 2.35. The first-order valence-corrected chi connectivity index (χ1v) is 3.85. The lowest BCUT2D eigenvalue weighted by atomic mass is 10.5. The number of nitrogens with one attached hydrogen (secondary N) is 1. The summed E-state index contributed by atoms with van der Waals surface area (Å²) >= 11 is 2.21. The van der Waals surface area contributed by atoms with Crippen molar-refractivity contribution in [1.29, 1.82) is 0 Å². The molecule has 0 aromatic carbocycles. The Morgan fingerprint density at radius 1 is 1.60 bits per heavy atom. The molecule has 0 spiro atoms. The SMILES string of the molecule is Nc1cc2c(ccn2I)[nH]1. The summed E-state index contributed by atoms with van der Waals surface area (Å²) in [7, 11) is 0. The zero-order chi connectivity index (χ0) is 7.14. The van der Waals surface area contributed by atoms with Crippen molar-refractivity contribution in [2.24, 2.45) is 0 Å². The minimum atomic E-state index is 0.719. The molecule has 0 aliphatic carbocycles. The summed E-state index contributed by atoms with van der Waals surface area (Å²) < 4.78 is 2.00. The highest BCUT2D eigenvalue weighted by Crippen LogP contribution is 2.19. The lowest BCUT2D eigenvalue weighted by Gasteiger charge is -1.83. The molecule has 2 aromatic heterocycles. The predicted molar refractivity (Wildman–Crippen MR) is 50.1 cm³/mol. The number of hydrogen-bond acceptors (Lipinski definition) is 1. The van der Waals surface area contributed by atoms with Crippen LogP contribution in [0.5, 0.6) is 0 Å². The Balaban J connectivity index is 2.90. The molecule has 2 aromatic rings. The van der Waals surface area contributed by atoms with E-state index in [2.05, 4.69) is 27.8 Å². The maximum atomic E-state index is 5.53. The number of H-pyrrole nitrogens is 1. The number of rotatable bonds is 0. The normalized spacial score (nSPS) is 10.9. The van der Waals surface area contributed by atoms with Crippen molar-refractivity contribution in [3.63, 3.8) is 0 Å². The van der Waals surface area contributed by atoms with Crippen molar-refractivity contribution in [3.05, 3.63) is 18.3 Å². The van der Waals surface area contributed by atoms with E-state index in [1.165, 1.54) is 0 Å². The van der Waals surface area contributed by atoms with Gasteiger partial charge in [0.05, 0.1) is 33.9 Å². The van der Waals surface area contributed by atoms with Crippen molar-refractivity contribution >= 4 is 39.7 Å². The lowest BCUT2D eigenvalue weighted by Crippen LogP contribution is -1.80. The standard InChI is InChI=1S/C6H6IN3/c7-10-2-1-4-5(10)3-6(8)9-4/h1-3,9H,8H2. The molecular formula is C6H6IN3. The van der Waals surface area contributed by atoms with E-state index in [-0.39, 0.29) is 0 Å². The topological polar surface area (TPSA) is 46.7 Å². The van der Waals surface area contributed by atoms with Crippen molar-refractivity contribution in [2.45, 2.75) is 0 Å². The molecule has 0 aliphatic heterocycles. The maximum absolute atomic E-state index is 5.53. The fourth-order valence-corrected chi connectivity index (χ4v) is 1.56. The molecule has 3 nitrogen and oxygen atoms in total. The van der Waals surface area contributed by atoms with Gasteiger partial charge in [0.1, 0.15) is 5.82 Å². The summed E-state index contributed by atoms with van der Waals surface area (Å²) in [6, 6.07) is 3.92. The molecule has 0 aliphatic rings. The van der Waals surface area contributed by atoms with E-state index in [0.29, 0.717) is 0 Å². The zero-order valence-electron chi connectivity index (χ0n) is 5.13. The third-order valence-corrected chi connectivity index (χ3v) is 2.29. The van der Waals surface area contributed by atoms with Gasteiger partial charge < -0.3 is 10.7 Å². The minimum Gasteiger partial charge on any atom is -0.385 e. The van der Waals surface area contributed by atoms with E-state index in [9.17, 15) is 0 Å². The number of nitrogens with two attached hydrogens (primary N) is 1. The van der Waals surface area contributed by atoms with Crippen LogP contribution in [-0.4, -0.2) is 7.76 Å². The van der Waals surface area contributed by atoms with Crippen molar-refractivity contribution in [1.82, 2.24) is 7.76 Å². The molecule has 0 fully saturated rings. The molecule has 0 amide bonds. The third kappa shape index (κ3) is 0.716. The zero-order valence-corrected chi connectivity index (χ0v) is 7.29. The molecule has 0 radical (unpaired) electrons. The van der Waals surface area contributed by atoms with Crippen LogP contribution in [0.15, 0.2) is 18.3 Å². The Bertz CT molecular complexity index is 360. The smallest absolute Gasteiger partial charge is 0.103 e. The second-order valence-electron chi connectivity index (χ2n) is 2.15. The van der Waals surface area contributed by atoms with E-state index < -0.39 is 0 Å². The van der Waals surface area contributed by atoms with E-state index >= 15 is 0 Å². The number of aromatic amines is 1. The first-order valence-electron chi connectivity index (χ1n) is 2.89. The van der Waals surface area contributed by atoms with Gasteiger partial charge in [-0.15, -0.1) is 0 Å². The first-order chi connectivity index (χ1) is 4.77. The van der Waals surface area contributed by atoms with Crippen LogP contribution in [0.2, 0.25) is 0 Å². The van der Waals surface area contributed by atoms with Gasteiger partial charge in [0.2, 0.25) is 0 Å². The average molecular weight is 247 g/mol. The van der Waals surface area contributed by atoms with Gasteiger partial charge in [-0.2, -0.15) is 0 Å². The predicted octanol–water partition coefficient (Wildman–Crippen LogP) is 1.75. The van der Waals surface area contributed by atoms with Gasteiger partial charge in [0.25, 0.3) is 0 Å². The summed E-state index contributed by atoms with van der Waals surface area (Å²) in [6.07, 6.45) is 1.99. The molecule has 0 saturated heterocycles. The van der Waals surface area contributed by atoms with Crippen LogP contribution in [0.3, 0.4) is 0 Å². The molecule has 3 N–H and O–H groups in total. The molecule has 2 heterocycles. The monoisotopic (exact) mass is 247 g/mol. The quantitative estimate of drug-likeness (QED) is 0.684. The van der Waals surface area contributed by atoms with Gasteiger partial charge in [-0.25, -0.2) is 0 Å². The van der Waals surface area contributed by atoms with Crippen LogP contribution in [0.25, 0.3) is 11.0 Å². The fraction of sp³-hybridized carbons (Fsp3) is 0. The Hall–Kier alpha value is -0.650. The number of aromatic nitrogens is 2. The van der Waals surface area contributed by atoms with Gasteiger partial charge >= 0.3 is 0 Å². The number of anilines is 1. The first kappa shape index (κ1) is 6.09. The molecule has 0 atom stereocenters. The van der Waals surface area contributed by atoms with Crippen LogP contribution in [0.4, 0.5) is 5.82 Å². The van der Waals surface area contributed by atoms with Crippen LogP contribution in [-0.2, 0) is 0 Å². The number of hydrogen-bond donors (Lipinski definition) is 2. The van der Waals surface area contributed by atoms with Crippen molar-refractivity contribution in [3.8, 4) is 0 Å². The number of nitrogens with zero attached hydrogens (tertiary/aromatic N) is 1. The number of nitrogen functional groups attached to an aromatic ring is 1. The van der Waals surface area contributed by atoms with Crippen LogP contribution in [0, 0.1) is 0 Å². The Morgan fingerprint density at radius 2 is 2.40 bits per heavy atom. The summed E-state index contributed by atoms with van der Waals surface area (Å²) in [5.74, 6) is 0.719. The Morgan fingerprint density at radius 3 is 3.10 bits per heavy atom. The number of fused-ring (bicyclic) bond motifs is 1. The molecule has 0 unspecified atom stereocenters. The molecular weight excluding hydrogens is 241 g/mol. The van der Waals surface area contributed by atoms with Crippen LogP contribution < -0.4 is 5.73 Å². The van der Waals surface area contributed by atoms with Crippen molar-refractivity contribution in [2.75, 3.05) is 5.73 Å². The summed E-state index contributed by atoms with van der Waals surface area (Å²) in [4.78, 5) is 3.03. The Kier molecular flexibility index (Phi) is 1.17. The van der Waals surface area contributed by atoms with E-state index in [0.717, 1.165) is 16.9 Å². The van der Waals surface area contributed by atoms with Gasteiger partial charge in [-0.3, -0.25) is 2.78 Å². The summed E-state index contributed by atoms with van der Waals surface area (Å²) in [5, 5.41) is 0. The Labute approximate surface area is 71.7 Å². The third-order valence-electron chi connectivity index (χ3n) is 1.45. The van der Waals surface area contributed by atoms with Crippen LogP contribution >= 0.6 is 22.9 Å². The lowest BCUT2D eigenvalue weighted by molar-refractivity contribution is 1.42. The van der Waals surface area contributed by atoms with Crippen LogP contribution in [0.1, 0.15) is 0 Å². The fourth-order valence-electron chi connectivity index (χ4n) is 1.00. The molecule has 10 heavy (non-hydrogen) atoms. The molecule has 0 saturated carbocycles. The second kappa shape index (κ2) is 1.91. The molecule has 52 valence electrons. The van der Waals surface area contributed by atoms with Crippen molar-refractivity contribution < 1.29 is 0 Å². The maximum Gasteiger partial charge on any atom is 0.103 e. The molecule has 2 rings (SSSR count). The van der Waals surface area contributed by atoms with E-state index in [1.54, 1.807) is 0 Å². The summed E-state index contributed by atoms with van der Waals surface area (Å²) in [5.41, 5.74) is 7.76. The molecule has 4 heteroatoms. The van der Waals surface area contributed by atoms with Gasteiger partial charge in [-0.05, 0) is 6.07 Å². The van der Waals surface area contributed by atoms with Gasteiger partial charge in [0.15, 0.2) is 0 Å².